The maximum absolute atomic E-state index is 12.7. The molecule has 2 N–H and O–H groups in total. The summed E-state index contributed by atoms with van der Waals surface area (Å²) < 4.78 is 7.42. The molecule has 29 heavy (non-hydrogen) atoms. The van der Waals surface area contributed by atoms with E-state index in [0.29, 0.717) is 24.1 Å². The number of rotatable bonds is 6. The number of carbonyl (C=O) groups is 1. The van der Waals surface area contributed by atoms with Gasteiger partial charge in [0, 0.05) is 43.8 Å². The molecule has 1 atom stereocenters. The quantitative estimate of drug-likeness (QED) is 0.657. The number of hydrogen-bond donors (Lipinski definition) is 2. The molecule has 4 rings (SSSR count). The van der Waals surface area contributed by atoms with Gasteiger partial charge in [0.2, 0.25) is 0 Å². The van der Waals surface area contributed by atoms with E-state index in [-0.39, 0.29) is 11.6 Å². The Morgan fingerprint density at radius 3 is 2.86 bits per heavy atom. The number of nitrogens with one attached hydrogen (secondary N) is 2. The van der Waals surface area contributed by atoms with Crippen LogP contribution in [-0.2, 0) is 7.05 Å². The van der Waals surface area contributed by atoms with Gasteiger partial charge in [-0.25, -0.2) is 9.97 Å². The first kappa shape index (κ1) is 19.1. The van der Waals surface area contributed by atoms with Gasteiger partial charge in [-0.05, 0) is 26.5 Å². The highest BCUT2D eigenvalue weighted by atomic mass is 16.5. The maximum Gasteiger partial charge on any atom is 0.275 e. The number of nitrogens with zero attached hydrogens (tertiary/aromatic N) is 5. The third-order valence-corrected chi connectivity index (χ3v) is 5.06. The monoisotopic (exact) mass is 395 g/mol. The number of aromatic nitrogens is 4. The van der Waals surface area contributed by atoms with Crippen molar-refractivity contribution >= 4 is 28.3 Å². The third kappa shape index (κ3) is 4.00. The third-order valence-electron chi connectivity index (χ3n) is 5.06. The molecule has 1 saturated heterocycles. The Hall–Kier alpha value is -3.20. The predicted octanol–water partition coefficient (Wildman–Crippen LogP) is 1.81. The number of hydrogen-bond acceptors (Lipinski definition) is 7. The number of benzene rings is 1. The zero-order chi connectivity index (χ0) is 20.4. The lowest BCUT2D eigenvalue weighted by Gasteiger charge is -2.17. The smallest absolute Gasteiger partial charge is 0.275 e. The number of aryl methyl sites for hydroxylation is 1. The van der Waals surface area contributed by atoms with Gasteiger partial charge >= 0.3 is 0 Å². The van der Waals surface area contributed by atoms with E-state index in [4.69, 9.17) is 4.74 Å². The van der Waals surface area contributed by atoms with E-state index in [2.05, 4.69) is 30.6 Å². The van der Waals surface area contributed by atoms with Crippen LogP contribution < -0.4 is 20.3 Å². The molecule has 1 aromatic carbocycles. The highest BCUT2D eigenvalue weighted by Crippen LogP contribution is 2.30. The number of fused-ring (bicyclic) bond motifs is 1. The van der Waals surface area contributed by atoms with Crippen molar-refractivity contribution in [3.05, 3.63) is 36.4 Å². The summed E-state index contributed by atoms with van der Waals surface area (Å²) in [6.07, 6.45) is 6.13. The van der Waals surface area contributed by atoms with Crippen LogP contribution in [0.4, 0.5) is 11.5 Å². The summed E-state index contributed by atoms with van der Waals surface area (Å²) in [6.45, 7) is 4.20. The Balaban J connectivity index is 1.52. The summed E-state index contributed by atoms with van der Waals surface area (Å²) in [5, 5.41) is 11.5. The molecule has 0 unspecified atom stereocenters. The summed E-state index contributed by atoms with van der Waals surface area (Å²) in [5.74, 6) is 1.03. The zero-order valence-electron chi connectivity index (χ0n) is 16.8. The molecular formula is C20H25N7O2. The predicted molar refractivity (Wildman–Crippen MR) is 112 cm³/mol. The average Bonchev–Trinajstić information content (AvgIpc) is 3.34. The second-order valence-electron chi connectivity index (χ2n) is 7.08. The summed E-state index contributed by atoms with van der Waals surface area (Å²) in [6, 6.07) is 4.14. The Kier molecular flexibility index (Phi) is 5.30. The van der Waals surface area contributed by atoms with Crippen molar-refractivity contribution in [2.45, 2.75) is 19.4 Å². The molecule has 0 radical (unpaired) electrons. The van der Waals surface area contributed by atoms with Crippen LogP contribution in [-0.4, -0.2) is 58.4 Å². The van der Waals surface area contributed by atoms with Gasteiger partial charge in [0.25, 0.3) is 5.91 Å². The first-order valence-electron chi connectivity index (χ1n) is 9.73. The lowest BCUT2D eigenvalue weighted by atomic mass is 10.2. The zero-order valence-corrected chi connectivity index (χ0v) is 16.8. The molecule has 1 fully saturated rings. The second kappa shape index (κ2) is 8.04. The number of amides is 1. The number of likely N-dealkylation sites (N-methyl/N-ethyl adjacent to an activating group) is 1. The number of carbonyl (C=O) groups excluding carboxylic acids is 1. The molecule has 0 spiro atoms. The van der Waals surface area contributed by atoms with E-state index in [1.807, 2.05) is 39.3 Å². The Morgan fingerprint density at radius 1 is 1.31 bits per heavy atom. The van der Waals surface area contributed by atoms with E-state index >= 15 is 0 Å². The molecular weight excluding hydrogens is 370 g/mol. The first-order chi connectivity index (χ1) is 14.1. The van der Waals surface area contributed by atoms with E-state index in [0.717, 1.165) is 36.2 Å². The van der Waals surface area contributed by atoms with Crippen LogP contribution in [0.25, 0.3) is 10.9 Å². The highest BCUT2D eigenvalue weighted by Gasteiger charge is 2.22. The Morgan fingerprint density at radius 2 is 2.17 bits per heavy atom. The minimum Gasteiger partial charge on any atom is -0.492 e. The van der Waals surface area contributed by atoms with Crippen LogP contribution in [0.3, 0.4) is 0 Å². The largest absolute Gasteiger partial charge is 0.492 e. The van der Waals surface area contributed by atoms with Gasteiger partial charge in [0.1, 0.15) is 17.3 Å². The van der Waals surface area contributed by atoms with Gasteiger partial charge in [0.05, 0.1) is 30.2 Å². The average molecular weight is 395 g/mol. The lowest BCUT2D eigenvalue weighted by molar-refractivity contribution is 0.102. The van der Waals surface area contributed by atoms with Crippen LogP contribution in [0.5, 0.6) is 5.75 Å². The van der Waals surface area contributed by atoms with Gasteiger partial charge in [-0.15, -0.1) is 0 Å². The molecule has 1 aliphatic rings. The molecule has 9 nitrogen and oxygen atoms in total. The van der Waals surface area contributed by atoms with Crippen LogP contribution in [0.1, 0.15) is 23.8 Å². The van der Waals surface area contributed by atoms with Crippen molar-refractivity contribution in [2.24, 2.45) is 7.05 Å². The molecule has 2 aromatic heterocycles. The van der Waals surface area contributed by atoms with Crippen molar-refractivity contribution in [1.82, 2.24) is 25.1 Å². The lowest BCUT2D eigenvalue weighted by Crippen LogP contribution is -2.30. The summed E-state index contributed by atoms with van der Waals surface area (Å²) in [4.78, 5) is 23.6. The molecule has 0 saturated carbocycles. The molecule has 152 valence electrons. The van der Waals surface area contributed by atoms with Crippen molar-refractivity contribution in [3.63, 3.8) is 0 Å². The van der Waals surface area contributed by atoms with Crippen LogP contribution >= 0.6 is 0 Å². The van der Waals surface area contributed by atoms with Crippen molar-refractivity contribution < 1.29 is 9.53 Å². The fourth-order valence-corrected chi connectivity index (χ4v) is 3.54. The molecule has 0 aliphatic carbocycles. The molecule has 1 aliphatic heterocycles. The molecule has 9 heteroatoms. The Labute approximate surface area is 169 Å². The van der Waals surface area contributed by atoms with E-state index in [9.17, 15) is 4.79 Å². The normalized spacial score (nSPS) is 16.4. The molecule has 3 heterocycles. The first-order valence-corrected chi connectivity index (χ1v) is 9.73. The van der Waals surface area contributed by atoms with Gasteiger partial charge in [-0.1, -0.05) is 0 Å². The van der Waals surface area contributed by atoms with E-state index < -0.39 is 0 Å². The second-order valence-corrected chi connectivity index (χ2v) is 7.08. The minimum atomic E-state index is -0.331. The van der Waals surface area contributed by atoms with Crippen molar-refractivity contribution in [1.29, 1.82) is 0 Å². The highest BCUT2D eigenvalue weighted by molar-refractivity contribution is 6.04. The SMILES string of the molecule is CCOc1cc2nn(C)cc2cc1NC(=O)c1cnc(N2CC[C@@H](NC)C2)cn1. The fourth-order valence-electron chi connectivity index (χ4n) is 3.54. The molecule has 0 bridgehead atoms. The maximum atomic E-state index is 12.7. The molecule has 3 aromatic rings. The standard InChI is InChI=1S/C20H25N7O2/c1-4-29-18-8-15-13(11-26(3)25-15)7-16(18)24-20(28)17-9-23-19(10-22-17)27-6-5-14(12-27)21-2/h7-11,14,21H,4-6,12H2,1-3H3,(H,24,28)/t14-/m1/s1. The van der Waals surface area contributed by atoms with Gasteiger partial charge < -0.3 is 20.3 Å². The van der Waals surface area contributed by atoms with Gasteiger partial charge in [0.15, 0.2) is 0 Å². The van der Waals surface area contributed by atoms with Crippen LogP contribution in [0.2, 0.25) is 0 Å². The van der Waals surface area contributed by atoms with Gasteiger partial charge in [-0.2, -0.15) is 5.10 Å². The van der Waals surface area contributed by atoms with E-state index in [1.54, 1.807) is 10.9 Å². The Bertz CT molecular complexity index is 1020. The fraction of sp³-hybridized carbons (Fsp3) is 0.400. The summed E-state index contributed by atoms with van der Waals surface area (Å²) >= 11 is 0. The van der Waals surface area contributed by atoms with Crippen molar-refractivity contribution in [3.8, 4) is 5.75 Å². The minimum absolute atomic E-state index is 0.256. The van der Waals surface area contributed by atoms with E-state index in [1.165, 1.54) is 6.20 Å². The van der Waals surface area contributed by atoms with Gasteiger partial charge in [-0.3, -0.25) is 9.48 Å². The number of anilines is 2. The summed E-state index contributed by atoms with van der Waals surface area (Å²) in [7, 11) is 3.82. The number of ether oxygens (including phenoxy) is 1. The summed E-state index contributed by atoms with van der Waals surface area (Å²) in [5.41, 5.74) is 1.65. The molecule has 1 amide bonds. The topological polar surface area (TPSA) is 97.2 Å². The van der Waals surface area contributed by atoms with Crippen LogP contribution in [0, 0.1) is 0 Å². The van der Waals surface area contributed by atoms with Crippen molar-refractivity contribution in [2.75, 3.05) is 37.0 Å². The van der Waals surface area contributed by atoms with Crippen LogP contribution in [0.15, 0.2) is 30.7 Å².